The van der Waals surface area contributed by atoms with Crippen LogP contribution in [0.2, 0.25) is 0 Å². The fraction of sp³-hybridized carbons (Fsp3) is 0.611. The van der Waals surface area contributed by atoms with Crippen LogP contribution in [0.4, 0.5) is 4.39 Å². The monoisotopic (exact) mass is 373 g/mol. The average molecular weight is 373 g/mol. The lowest BCUT2D eigenvalue weighted by Gasteiger charge is -2.30. The highest BCUT2D eigenvalue weighted by molar-refractivity contribution is 5.74. The highest BCUT2D eigenvalue weighted by atomic mass is 19.1. The number of piperidine rings is 1. The molecule has 27 heavy (non-hydrogen) atoms. The van der Waals surface area contributed by atoms with Crippen LogP contribution in [0.15, 0.2) is 18.2 Å². The molecule has 9 heteroatoms. The molecule has 0 bridgehead atoms. The van der Waals surface area contributed by atoms with Crippen LogP contribution in [0.25, 0.3) is 11.0 Å². The van der Waals surface area contributed by atoms with Crippen molar-refractivity contribution in [2.45, 2.75) is 58.2 Å². The largest absolute Gasteiger partial charge is 0.328 e. The van der Waals surface area contributed by atoms with Crippen LogP contribution in [-0.4, -0.2) is 48.3 Å². The van der Waals surface area contributed by atoms with Crippen molar-refractivity contribution in [1.29, 1.82) is 0 Å². The number of fused-ring (bicyclic) bond motifs is 1. The molecule has 1 aromatic carbocycles. The number of benzene rings is 1. The molecule has 8 nitrogen and oxygen atoms in total. The Bertz CT molecular complexity index is 922. The normalized spacial score (nSPS) is 21.0. The van der Waals surface area contributed by atoms with E-state index in [0.717, 1.165) is 50.2 Å². The van der Waals surface area contributed by atoms with Gasteiger partial charge in [-0.3, -0.25) is 0 Å². The quantitative estimate of drug-likeness (QED) is 0.725. The molecule has 1 aliphatic rings. The number of tetrazole rings is 1. The molecule has 0 spiro atoms. The number of rotatable bonds is 5. The van der Waals surface area contributed by atoms with Crippen molar-refractivity contribution in [2.75, 3.05) is 13.1 Å². The minimum atomic E-state index is -0.276. The van der Waals surface area contributed by atoms with Crippen molar-refractivity contribution < 1.29 is 9.29 Å². The molecule has 1 saturated heterocycles. The Balaban J connectivity index is 1.43. The van der Waals surface area contributed by atoms with E-state index in [-0.39, 0.29) is 11.4 Å². The summed E-state index contributed by atoms with van der Waals surface area (Å²) < 4.78 is 17.3. The first-order valence-electron chi connectivity index (χ1n) is 9.59. The Hall–Kier alpha value is -2.42. The van der Waals surface area contributed by atoms with Crippen molar-refractivity contribution in [2.24, 2.45) is 0 Å². The number of hydrogen-bond acceptors (Lipinski definition) is 5. The van der Waals surface area contributed by atoms with E-state index in [0.29, 0.717) is 11.6 Å². The zero-order chi connectivity index (χ0) is 19.0. The lowest BCUT2D eigenvalue weighted by Crippen LogP contribution is -3.11. The van der Waals surface area contributed by atoms with Crippen LogP contribution < -0.4 is 4.90 Å². The summed E-state index contributed by atoms with van der Waals surface area (Å²) in [6.07, 6.45) is 2.98. The minimum absolute atomic E-state index is 0.0779. The summed E-state index contributed by atoms with van der Waals surface area (Å²) in [5.74, 6) is 0.665. The third-order valence-corrected chi connectivity index (χ3v) is 5.82. The van der Waals surface area contributed by atoms with Gasteiger partial charge in [0.05, 0.1) is 30.2 Å². The Kier molecular flexibility index (Phi) is 4.63. The van der Waals surface area contributed by atoms with Crippen molar-refractivity contribution in [1.82, 2.24) is 35.2 Å². The second kappa shape index (κ2) is 6.95. The Morgan fingerprint density at radius 3 is 2.70 bits per heavy atom. The molecule has 144 valence electrons. The first kappa shape index (κ1) is 18.0. The summed E-state index contributed by atoms with van der Waals surface area (Å²) in [4.78, 5) is 1.48. The molecule has 4 rings (SSSR count). The van der Waals surface area contributed by atoms with Gasteiger partial charge in [0, 0.05) is 18.9 Å². The van der Waals surface area contributed by atoms with E-state index in [2.05, 4.69) is 46.6 Å². The van der Waals surface area contributed by atoms with E-state index < -0.39 is 0 Å². The summed E-state index contributed by atoms with van der Waals surface area (Å²) in [5.41, 5.74) is 1.44. The first-order chi connectivity index (χ1) is 13.0. The van der Waals surface area contributed by atoms with Gasteiger partial charge in [-0.25, -0.2) is 13.8 Å². The van der Waals surface area contributed by atoms with E-state index in [1.54, 1.807) is 6.07 Å². The Labute approximate surface area is 157 Å². The van der Waals surface area contributed by atoms with Crippen molar-refractivity contribution in [3.05, 3.63) is 29.8 Å². The maximum Gasteiger partial charge on any atom is 0.206 e. The van der Waals surface area contributed by atoms with Crippen molar-refractivity contribution in [3.8, 4) is 0 Å². The minimum Gasteiger partial charge on any atom is -0.328 e. The molecule has 0 amide bonds. The highest BCUT2D eigenvalue weighted by Crippen LogP contribution is 2.22. The summed E-state index contributed by atoms with van der Waals surface area (Å²) in [5, 5.41) is 20.8. The van der Waals surface area contributed by atoms with Crippen LogP contribution in [0.3, 0.4) is 0 Å². The van der Waals surface area contributed by atoms with Crippen molar-refractivity contribution >= 4 is 11.0 Å². The molecular weight excluding hydrogens is 347 g/mol. The molecule has 0 saturated carbocycles. The molecule has 3 aromatic rings. The summed E-state index contributed by atoms with van der Waals surface area (Å²) in [6.45, 7) is 9.34. The van der Waals surface area contributed by atoms with Crippen LogP contribution in [0.1, 0.15) is 51.9 Å². The third-order valence-electron chi connectivity index (χ3n) is 5.82. The maximum absolute atomic E-state index is 13.4. The van der Waals surface area contributed by atoms with Gasteiger partial charge in [-0.05, 0) is 42.8 Å². The van der Waals surface area contributed by atoms with E-state index in [1.165, 1.54) is 17.0 Å². The predicted octanol–water partition coefficient (Wildman–Crippen LogP) is 1.12. The van der Waals surface area contributed by atoms with E-state index in [1.807, 2.05) is 9.36 Å². The Morgan fingerprint density at radius 1 is 1.19 bits per heavy atom. The van der Waals surface area contributed by atoms with Gasteiger partial charge < -0.3 is 4.90 Å². The second-order valence-electron chi connectivity index (χ2n) is 8.00. The van der Waals surface area contributed by atoms with Crippen LogP contribution >= 0.6 is 0 Å². The van der Waals surface area contributed by atoms with Gasteiger partial charge in [0.15, 0.2) is 0 Å². The SMILES string of the molecule is CCC(C)(C)n1nnnc1C[NH+]1CCC(n2nnc3cc(F)ccc32)CC1. The molecule has 3 heterocycles. The highest BCUT2D eigenvalue weighted by Gasteiger charge is 2.29. The first-order valence-corrected chi connectivity index (χ1v) is 9.59. The topological polar surface area (TPSA) is 78.8 Å². The van der Waals surface area contributed by atoms with Crippen LogP contribution in [-0.2, 0) is 12.1 Å². The number of likely N-dealkylation sites (tertiary alicyclic amines) is 1. The Morgan fingerprint density at radius 2 is 1.96 bits per heavy atom. The van der Waals surface area contributed by atoms with Gasteiger partial charge in [0.1, 0.15) is 17.9 Å². The summed E-state index contributed by atoms with van der Waals surface area (Å²) >= 11 is 0. The smallest absolute Gasteiger partial charge is 0.206 e. The molecule has 0 unspecified atom stereocenters. The summed E-state index contributed by atoms with van der Waals surface area (Å²) in [7, 11) is 0. The molecule has 0 atom stereocenters. The standard InChI is InChI=1S/C18H25FN8/c1-4-18(2,3)27-17(21-22-24-27)12-25-9-7-14(8-10-25)26-16-6-5-13(19)11-15(16)20-23-26/h5-6,11,14H,4,7-10,12H2,1-3H3/p+1. The molecular formula is C18H26FN8+. The summed E-state index contributed by atoms with van der Waals surface area (Å²) in [6, 6.07) is 4.98. The van der Waals surface area contributed by atoms with E-state index >= 15 is 0 Å². The maximum atomic E-state index is 13.4. The van der Waals surface area contributed by atoms with Crippen LogP contribution in [0, 0.1) is 5.82 Å². The number of hydrogen-bond donors (Lipinski definition) is 1. The fourth-order valence-electron chi connectivity index (χ4n) is 3.78. The van der Waals surface area contributed by atoms with Gasteiger partial charge in [-0.2, -0.15) is 0 Å². The molecule has 0 radical (unpaired) electrons. The zero-order valence-electron chi connectivity index (χ0n) is 16.1. The van der Waals surface area contributed by atoms with Gasteiger partial charge in [0.25, 0.3) is 0 Å². The van der Waals surface area contributed by atoms with Gasteiger partial charge in [0.2, 0.25) is 5.82 Å². The second-order valence-corrected chi connectivity index (χ2v) is 8.00. The predicted molar refractivity (Wildman–Crippen MR) is 97.6 cm³/mol. The van der Waals surface area contributed by atoms with Gasteiger partial charge in [-0.15, -0.1) is 10.2 Å². The number of quaternary nitrogens is 1. The number of nitrogens with zero attached hydrogens (tertiary/aromatic N) is 7. The fourth-order valence-corrected chi connectivity index (χ4v) is 3.78. The number of aromatic nitrogens is 7. The van der Waals surface area contributed by atoms with Crippen molar-refractivity contribution in [3.63, 3.8) is 0 Å². The van der Waals surface area contributed by atoms with Gasteiger partial charge in [-0.1, -0.05) is 12.1 Å². The molecule has 2 aromatic heterocycles. The number of halogens is 1. The van der Waals surface area contributed by atoms with E-state index in [4.69, 9.17) is 0 Å². The third kappa shape index (κ3) is 3.43. The van der Waals surface area contributed by atoms with Crippen LogP contribution in [0.5, 0.6) is 0 Å². The molecule has 1 aliphatic heterocycles. The number of nitrogens with one attached hydrogen (secondary N) is 1. The van der Waals surface area contributed by atoms with Gasteiger partial charge >= 0.3 is 0 Å². The average Bonchev–Trinajstić information content (AvgIpc) is 3.29. The lowest BCUT2D eigenvalue weighted by molar-refractivity contribution is -0.920. The zero-order valence-corrected chi connectivity index (χ0v) is 16.1. The molecule has 1 N–H and O–H groups in total. The molecule has 1 fully saturated rings. The molecule has 0 aliphatic carbocycles. The lowest BCUT2D eigenvalue weighted by atomic mass is 10.0. The van der Waals surface area contributed by atoms with E-state index in [9.17, 15) is 4.39 Å².